The first-order valence-electron chi connectivity index (χ1n) is 11.6. The highest BCUT2D eigenvalue weighted by molar-refractivity contribution is 6.03. The van der Waals surface area contributed by atoms with Gasteiger partial charge in [-0.25, -0.2) is 13.8 Å². The second-order valence-electron chi connectivity index (χ2n) is 8.97. The number of methoxy groups -OCH3 is 1. The van der Waals surface area contributed by atoms with E-state index in [0.29, 0.717) is 24.6 Å². The molecule has 33 heavy (non-hydrogen) atoms. The maximum atomic E-state index is 14.6. The number of hydrogen-bond acceptors (Lipinski definition) is 4. The zero-order valence-corrected chi connectivity index (χ0v) is 19.3. The molecule has 0 aromatic heterocycles. The van der Waals surface area contributed by atoms with E-state index in [2.05, 4.69) is 10.0 Å². The number of amides is 1. The lowest BCUT2D eigenvalue weighted by atomic mass is 9.80. The Bertz CT molecular complexity index is 1010. The number of ether oxygens (including phenoxy) is 1. The lowest BCUT2D eigenvalue weighted by Gasteiger charge is -2.37. The SMILES string of the molecule is COC[C@@H]1CCCN1CCC[C@@]1(c2ccccc2)CC(c2cc(F)ccc2F)=NN1C(C)=O. The van der Waals surface area contributed by atoms with E-state index in [9.17, 15) is 13.6 Å². The Morgan fingerprint density at radius 2 is 2.00 bits per heavy atom. The molecule has 2 aliphatic heterocycles. The van der Waals surface area contributed by atoms with Crippen LogP contribution in [0.3, 0.4) is 0 Å². The molecule has 2 aromatic carbocycles. The van der Waals surface area contributed by atoms with Gasteiger partial charge in [0, 0.05) is 32.1 Å². The first-order chi connectivity index (χ1) is 15.9. The summed E-state index contributed by atoms with van der Waals surface area (Å²) in [5, 5.41) is 6.03. The predicted molar refractivity (Wildman–Crippen MR) is 124 cm³/mol. The number of carbonyl (C=O) groups is 1. The molecule has 0 radical (unpaired) electrons. The van der Waals surface area contributed by atoms with Gasteiger partial charge < -0.3 is 4.74 Å². The van der Waals surface area contributed by atoms with Gasteiger partial charge in [-0.15, -0.1) is 0 Å². The number of halogens is 2. The van der Waals surface area contributed by atoms with Crippen LogP contribution in [0.4, 0.5) is 8.78 Å². The van der Waals surface area contributed by atoms with Crippen LogP contribution in [-0.2, 0) is 15.1 Å². The highest BCUT2D eigenvalue weighted by Crippen LogP contribution is 2.43. The van der Waals surface area contributed by atoms with Gasteiger partial charge in [0.2, 0.25) is 5.91 Å². The van der Waals surface area contributed by atoms with Crippen molar-refractivity contribution in [3.05, 3.63) is 71.3 Å². The minimum absolute atomic E-state index is 0.110. The first-order valence-corrected chi connectivity index (χ1v) is 11.6. The second-order valence-corrected chi connectivity index (χ2v) is 8.97. The average Bonchev–Trinajstić information content (AvgIpc) is 3.42. The smallest absolute Gasteiger partial charge is 0.240 e. The maximum absolute atomic E-state index is 14.6. The van der Waals surface area contributed by atoms with E-state index >= 15 is 0 Å². The van der Waals surface area contributed by atoms with Crippen LogP contribution in [0.1, 0.15) is 50.2 Å². The molecule has 176 valence electrons. The highest BCUT2D eigenvalue weighted by atomic mass is 19.1. The van der Waals surface area contributed by atoms with E-state index < -0.39 is 17.2 Å². The lowest BCUT2D eigenvalue weighted by molar-refractivity contribution is -0.135. The summed E-state index contributed by atoms with van der Waals surface area (Å²) in [4.78, 5) is 15.2. The van der Waals surface area contributed by atoms with Crippen molar-refractivity contribution < 1.29 is 18.3 Å². The molecule has 2 aromatic rings. The number of hydrazone groups is 1. The molecule has 7 heteroatoms. The summed E-state index contributed by atoms with van der Waals surface area (Å²) in [6.07, 6.45) is 4.12. The molecule has 2 atom stereocenters. The van der Waals surface area contributed by atoms with Crippen LogP contribution in [0.25, 0.3) is 0 Å². The van der Waals surface area contributed by atoms with Crippen molar-refractivity contribution in [1.29, 1.82) is 0 Å². The third-order valence-electron chi connectivity index (χ3n) is 6.83. The Balaban J connectivity index is 1.63. The second kappa shape index (κ2) is 10.1. The van der Waals surface area contributed by atoms with Crippen LogP contribution in [0.15, 0.2) is 53.6 Å². The van der Waals surface area contributed by atoms with E-state index in [1.807, 2.05) is 30.3 Å². The molecular weight excluding hydrogens is 424 g/mol. The van der Waals surface area contributed by atoms with Gasteiger partial charge in [0.25, 0.3) is 0 Å². The van der Waals surface area contributed by atoms with Crippen molar-refractivity contribution in [2.75, 3.05) is 26.8 Å². The third kappa shape index (κ3) is 4.84. The minimum Gasteiger partial charge on any atom is -0.383 e. The average molecular weight is 456 g/mol. The minimum atomic E-state index is -0.738. The van der Waals surface area contributed by atoms with E-state index in [4.69, 9.17) is 4.74 Å². The number of rotatable bonds is 8. The molecule has 0 unspecified atom stereocenters. The molecule has 1 fully saturated rings. The van der Waals surface area contributed by atoms with Gasteiger partial charge in [-0.2, -0.15) is 5.10 Å². The van der Waals surface area contributed by atoms with Gasteiger partial charge in [-0.3, -0.25) is 9.69 Å². The van der Waals surface area contributed by atoms with Gasteiger partial charge in [-0.05, 0) is 62.5 Å². The van der Waals surface area contributed by atoms with Crippen molar-refractivity contribution >= 4 is 11.6 Å². The van der Waals surface area contributed by atoms with Gasteiger partial charge in [0.15, 0.2) is 0 Å². The molecule has 0 spiro atoms. The molecule has 5 nitrogen and oxygen atoms in total. The predicted octanol–water partition coefficient (Wildman–Crippen LogP) is 4.71. The Morgan fingerprint density at radius 1 is 1.21 bits per heavy atom. The molecule has 1 amide bonds. The quantitative estimate of drug-likeness (QED) is 0.579. The van der Waals surface area contributed by atoms with Crippen LogP contribution in [0, 0.1) is 11.6 Å². The zero-order valence-electron chi connectivity index (χ0n) is 19.3. The van der Waals surface area contributed by atoms with Crippen LogP contribution in [0.5, 0.6) is 0 Å². The van der Waals surface area contributed by atoms with Crippen LogP contribution < -0.4 is 0 Å². The van der Waals surface area contributed by atoms with E-state index in [0.717, 1.165) is 62.7 Å². The molecular formula is C26H31F2N3O2. The normalized spacial score (nSPS) is 23.2. The molecule has 0 N–H and O–H groups in total. The number of hydrogen-bond donors (Lipinski definition) is 0. The Morgan fingerprint density at radius 3 is 2.73 bits per heavy atom. The Hall–Kier alpha value is -2.64. The van der Waals surface area contributed by atoms with E-state index in [1.165, 1.54) is 11.9 Å². The summed E-state index contributed by atoms with van der Waals surface area (Å²) in [6.45, 7) is 4.12. The van der Waals surface area contributed by atoms with Crippen molar-refractivity contribution in [3.63, 3.8) is 0 Å². The number of likely N-dealkylation sites (tertiary alicyclic amines) is 1. The first kappa shape index (κ1) is 23.5. The lowest BCUT2D eigenvalue weighted by Crippen LogP contribution is -2.43. The van der Waals surface area contributed by atoms with Crippen molar-refractivity contribution in [1.82, 2.24) is 9.91 Å². The molecule has 0 saturated carbocycles. The summed E-state index contributed by atoms with van der Waals surface area (Å²) in [7, 11) is 1.73. The summed E-state index contributed by atoms with van der Waals surface area (Å²) in [6, 6.07) is 13.6. The topological polar surface area (TPSA) is 45.1 Å². The fourth-order valence-electron chi connectivity index (χ4n) is 5.30. The van der Waals surface area contributed by atoms with Crippen LogP contribution >= 0.6 is 0 Å². The summed E-state index contributed by atoms with van der Waals surface area (Å²) < 4.78 is 33.9. The van der Waals surface area contributed by atoms with E-state index in [1.54, 1.807) is 7.11 Å². The molecule has 2 heterocycles. The molecule has 1 saturated heterocycles. The zero-order chi connectivity index (χ0) is 23.4. The van der Waals surface area contributed by atoms with Gasteiger partial charge in [-0.1, -0.05) is 30.3 Å². The van der Waals surface area contributed by atoms with Crippen LogP contribution in [-0.4, -0.2) is 54.4 Å². The van der Waals surface area contributed by atoms with Gasteiger partial charge >= 0.3 is 0 Å². The van der Waals surface area contributed by atoms with Crippen molar-refractivity contribution in [3.8, 4) is 0 Å². The summed E-state index contributed by atoms with van der Waals surface area (Å²) >= 11 is 0. The third-order valence-corrected chi connectivity index (χ3v) is 6.83. The standard InChI is InChI=1S/C26H31F2N3O2/c1-19(32)31-26(20-8-4-3-5-9-20,13-7-15-30-14-6-10-22(30)18-33-2)17-25(29-31)23-16-21(27)11-12-24(23)28/h3-5,8-9,11-12,16,22H,6-7,10,13-15,17-18H2,1-2H3/t22-,26-/m0/s1. The molecule has 2 aliphatic rings. The summed E-state index contributed by atoms with van der Waals surface area (Å²) in [5.41, 5.74) is 0.714. The largest absolute Gasteiger partial charge is 0.383 e. The number of benzene rings is 2. The Labute approximate surface area is 194 Å². The van der Waals surface area contributed by atoms with Crippen molar-refractivity contribution in [2.24, 2.45) is 5.10 Å². The van der Waals surface area contributed by atoms with Crippen molar-refractivity contribution in [2.45, 2.75) is 50.6 Å². The molecule has 0 bridgehead atoms. The van der Waals surface area contributed by atoms with Gasteiger partial charge in [0.05, 0.1) is 17.9 Å². The fraction of sp³-hybridized carbons (Fsp3) is 0.462. The molecule has 4 rings (SSSR count). The maximum Gasteiger partial charge on any atom is 0.240 e. The monoisotopic (exact) mass is 455 g/mol. The fourth-order valence-corrected chi connectivity index (χ4v) is 5.30. The number of nitrogens with zero attached hydrogens (tertiary/aromatic N) is 3. The van der Waals surface area contributed by atoms with E-state index in [-0.39, 0.29) is 11.5 Å². The van der Waals surface area contributed by atoms with Crippen LogP contribution in [0.2, 0.25) is 0 Å². The Kier molecular flexibility index (Phi) is 7.20. The number of carbonyl (C=O) groups excluding carboxylic acids is 1. The van der Waals surface area contributed by atoms with Gasteiger partial charge in [0.1, 0.15) is 11.6 Å². The molecule has 0 aliphatic carbocycles. The highest BCUT2D eigenvalue weighted by Gasteiger charge is 2.46. The summed E-state index contributed by atoms with van der Waals surface area (Å²) in [5.74, 6) is -1.29.